The normalized spacial score (nSPS) is 20.9. The molecule has 0 amide bonds. The van der Waals surface area contributed by atoms with Crippen molar-refractivity contribution in [3.63, 3.8) is 0 Å². The van der Waals surface area contributed by atoms with Gasteiger partial charge in [0.05, 0.1) is 12.0 Å². The van der Waals surface area contributed by atoms with Gasteiger partial charge in [-0.25, -0.2) is 0 Å². The molecule has 0 bridgehead atoms. The maximum Gasteiger partial charge on any atom is 0.394 e. The third-order valence-corrected chi connectivity index (χ3v) is 4.75. The number of halogens is 5. The molecule has 0 aromatic carbocycles. The SMILES string of the molecule is CN1CCn2c(CC(F)(F)F)ccc2C12CCNCC2.Cl.Cl. The second-order valence-corrected chi connectivity index (χ2v) is 5.86. The van der Waals surface area contributed by atoms with Crippen LogP contribution in [0.25, 0.3) is 0 Å². The highest BCUT2D eigenvalue weighted by Gasteiger charge is 2.43. The Morgan fingerprint density at radius 2 is 1.77 bits per heavy atom. The molecular weight excluding hydrogens is 338 g/mol. The summed E-state index contributed by atoms with van der Waals surface area (Å²) in [6.07, 6.45) is -3.05. The highest BCUT2D eigenvalue weighted by molar-refractivity contribution is 5.85. The minimum Gasteiger partial charge on any atom is -0.345 e. The van der Waals surface area contributed by atoms with Gasteiger partial charge in [-0.15, -0.1) is 24.8 Å². The molecule has 2 aliphatic heterocycles. The molecule has 1 aromatic rings. The largest absolute Gasteiger partial charge is 0.394 e. The molecule has 3 heterocycles. The molecule has 8 heteroatoms. The summed E-state index contributed by atoms with van der Waals surface area (Å²) in [6.45, 7) is 3.31. The van der Waals surface area contributed by atoms with Gasteiger partial charge in [-0.05, 0) is 45.1 Å². The Morgan fingerprint density at radius 1 is 1.14 bits per heavy atom. The molecule has 1 spiro atoms. The lowest BCUT2D eigenvalue weighted by Crippen LogP contribution is -2.55. The molecule has 1 aromatic heterocycles. The number of hydrogen-bond donors (Lipinski definition) is 1. The van der Waals surface area contributed by atoms with E-state index in [0.717, 1.165) is 38.2 Å². The quantitative estimate of drug-likeness (QED) is 0.831. The zero-order valence-corrected chi connectivity index (χ0v) is 14.1. The second-order valence-electron chi connectivity index (χ2n) is 5.86. The Morgan fingerprint density at radius 3 is 2.36 bits per heavy atom. The average molecular weight is 360 g/mol. The lowest BCUT2D eigenvalue weighted by Gasteiger charge is -2.49. The van der Waals surface area contributed by atoms with Crippen LogP contribution in [-0.2, 0) is 18.5 Å². The fourth-order valence-corrected chi connectivity index (χ4v) is 3.68. The van der Waals surface area contributed by atoms with E-state index in [9.17, 15) is 13.2 Å². The summed E-state index contributed by atoms with van der Waals surface area (Å²) in [5, 5.41) is 3.34. The summed E-state index contributed by atoms with van der Waals surface area (Å²) < 4.78 is 39.9. The van der Waals surface area contributed by atoms with Gasteiger partial charge in [-0.3, -0.25) is 4.90 Å². The van der Waals surface area contributed by atoms with Crippen molar-refractivity contribution in [3.8, 4) is 0 Å². The fourth-order valence-electron chi connectivity index (χ4n) is 3.68. The Kier molecular flexibility index (Phi) is 6.23. The summed E-state index contributed by atoms with van der Waals surface area (Å²) in [5.41, 5.74) is 1.37. The van der Waals surface area contributed by atoms with Gasteiger partial charge >= 0.3 is 6.18 Å². The molecule has 1 fully saturated rings. The number of aromatic nitrogens is 1. The topological polar surface area (TPSA) is 20.2 Å². The molecule has 1 N–H and O–H groups in total. The van der Waals surface area contributed by atoms with E-state index >= 15 is 0 Å². The number of rotatable bonds is 1. The van der Waals surface area contributed by atoms with Gasteiger partial charge in [-0.2, -0.15) is 13.2 Å². The van der Waals surface area contributed by atoms with E-state index < -0.39 is 12.6 Å². The molecule has 1 saturated heterocycles. The van der Waals surface area contributed by atoms with Gasteiger partial charge < -0.3 is 9.88 Å². The molecule has 2 aliphatic rings. The number of fused-ring (bicyclic) bond motifs is 2. The number of hydrogen-bond acceptors (Lipinski definition) is 2. The van der Waals surface area contributed by atoms with E-state index in [2.05, 4.69) is 17.3 Å². The van der Waals surface area contributed by atoms with E-state index in [1.54, 1.807) is 6.07 Å². The molecule has 0 atom stereocenters. The predicted octanol–water partition coefficient (Wildman–Crippen LogP) is 2.96. The molecule has 0 aliphatic carbocycles. The highest BCUT2D eigenvalue weighted by Crippen LogP contribution is 2.40. The average Bonchev–Trinajstić information content (AvgIpc) is 2.77. The Labute approximate surface area is 141 Å². The van der Waals surface area contributed by atoms with Crippen LogP contribution in [0.5, 0.6) is 0 Å². The molecule has 3 nitrogen and oxygen atoms in total. The van der Waals surface area contributed by atoms with Crippen molar-refractivity contribution >= 4 is 24.8 Å². The minimum atomic E-state index is -4.14. The number of nitrogens with one attached hydrogen (secondary N) is 1. The predicted molar refractivity (Wildman–Crippen MR) is 85.1 cm³/mol. The summed E-state index contributed by atoms with van der Waals surface area (Å²) in [5.74, 6) is 0. The van der Waals surface area contributed by atoms with Gasteiger partial charge in [-0.1, -0.05) is 0 Å². The van der Waals surface area contributed by atoms with E-state index in [1.807, 2.05) is 10.6 Å². The zero-order valence-electron chi connectivity index (χ0n) is 12.4. The molecule has 0 unspecified atom stereocenters. The summed E-state index contributed by atoms with van der Waals surface area (Å²) in [6, 6.07) is 3.56. The van der Waals surface area contributed by atoms with Gasteiger partial charge in [0.25, 0.3) is 0 Å². The molecule has 3 rings (SSSR count). The van der Waals surface area contributed by atoms with Crippen molar-refractivity contribution < 1.29 is 13.2 Å². The summed E-state index contributed by atoms with van der Waals surface area (Å²) in [7, 11) is 2.09. The number of piperidine rings is 1. The van der Waals surface area contributed by atoms with E-state index in [0.29, 0.717) is 12.2 Å². The fraction of sp³-hybridized carbons (Fsp3) is 0.714. The Bertz CT molecular complexity index is 496. The molecule has 22 heavy (non-hydrogen) atoms. The zero-order chi connectivity index (χ0) is 14.4. The first-order chi connectivity index (χ1) is 9.42. The van der Waals surface area contributed by atoms with Crippen LogP contribution in [0.3, 0.4) is 0 Å². The van der Waals surface area contributed by atoms with Crippen LogP contribution in [0.4, 0.5) is 13.2 Å². The third-order valence-electron chi connectivity index (χ3n) is 4.75. The van der Waals surface area contributed by atoms with Crippen molar-refractivity contribution in [2.75, 3.05) is 26.7 Å². The van der Waals surface area contributed by atoms with Gasteiger partial charge in [0, 0.05) is 24.5 Å². The van der Waals surface area contributed by atoms with E-state index in [-0.39, 0.29) is 30.4 Å². The Hall–Kier alpha value is -0.430. The number of likely N-dealkylation sites (N-methyl/N-ethyl adjacent to an activating group) is 1. The van der Waals surface area contributed by atoms with Crippen LogP contribution in [0.2, 0.25) is 0 Å². The highest BCUT2D eigenvalue weighted by atomic mass is 35.5. The lowest BCUT2D eigenvalue weighted by atomic mass is 9.82. The first kappa shape index (κ1) is 19.6. The van der Waals surface area contributed by atoms with Gasteiger partial charge in [0.2, 0.25) is 0 Å². The minimum absolute atomic E-state index is 0. The van der Waals surface area contributed by atoms with Crippen LogP contribution in [0.15, 0.2) is 12.1 Å². The molecule has 128 valence electrons. The van der Waals surface area contributed by atoms with Crippen molar-refractivity contribution in [2.24, 2.45) is 0 Å². The first-order valence-electron chi connectivity index (χ1n) is 7.10. The van der Waals surface area contributed by atoms with Gasteiger partial charge in [0.15, 0.2) is 0 Å². The molecular formula is C14H22Cl2F3N3. The smallest absolute Gasteiger partial charge is 0.345 e. The molecule has 0 saturated carbocycles. The summed E-state index contributed by atoms with van der Waals surface area (Å²) >= 11 is 0. The third kappa shape index (κ3) is 3.40. The van der Waals surface area contributed by atoms with Crippen LogP contribution >= 0.6 is 24.8 Å². The number of nitrogens with zero attached hydrogens (tertiary/aromatic N) is 2. The van der Waals surface area contributed by atoms with E-state index in [1.165, 1.54) is 0 Å². The van der Waals surface area contributed by atoms with E-state index in [4.69, 9.17) is 0 Å². The standard InChI is InChI=1S/C14H20F3N3.2ClH/c1-19-8-9-20-11(10-14(15,16)17)2-3-12(20)13(19)4-6-18-7-5-13;;/h2-3,18H,4-10H2,1H3;2*1H. The van der Waals surface area contributed by atoms with Crippen molar-refractivity contribution in [1.82, 2.24) is 14.8 Å². The first-order valence-corrected chi connectivity index (χ1v) is 7.10. The second kappa shape index (κ2) is 6.99. The van der Waals surface area contributed by atoms with Crippen LogP contribution in [0, 0.1) is 0 Å². The summed E-state index contributed by atoms with van der Waals surface area (Å²) in [4.78, 5) is 2.32. The maximum absolute atomic E-state index is 12.7. The van der Waals surface area contributed by atoms with Crippen molar-refractivity contribution in [3.05, 3.63) is 23.5 Å². The van der Waals surface area contributed by atoms with Crippen LogP contribution in [-0.4, -0.2) is 42.3 Å². The van der Waals surface area contributed by atoms with Crippen molar-refractivity contribution in [2.45, 2.75) is 37.5 Å². The number of alkyl halides is 3. The van der Waals surface area contributed by atoms with Crippen molar-refractivity contribution in [1.29, 1.82) is 0 Å². The Balaban J connectivity index is 0.00000121. The monoisotopic (exact) mass is 359 g/mol. The molecule has 0 radical (unpaired) electrons. The maximum atomic E-state index is 12.7. The van der Waals surface area contributed by atoms with Crippen LogP contribution in [0.1, 0.15) is 24.2 Å². The van der Waals surface area contributed by atoms with Crippen LogP contribution < -0.4 is 5.32 Å². The van der Waals surface area contributed by atoms with Gasteiger partial charge in [0.1, 0.15) is 0 Å². The lowest BCUT2D eigenvalue weighted by molar-refractivity contribution is -0.128.